The molecule has 34 heavy (non-hydrogen) atoms. The number of H-pyrrole nitrogens is 1. The molecule has 1 saturated heterocycles. The van der Waals surface area contributed by atoms with Crippen LogP contribution in [0.3, 0.4) is 0 Å². The zero-order valence-corrected chi connectivity index (χ0v) is 18.6. The van der Waals surface area contributed by atoms with E-state index in [1.54, 1.807) is 17.0 Å². The molecule has 3 amide bonds. The molecule has 3 aliphatic heterocycles. The van der Waals surface area contributed by atoms with Crippen LogP contribution in [-0.2, 0) is 17.6 Å². The second kappa shape index (κ2) is 7.66. The van der Waals surface area contributed by atoms with E-state index in [4.69, 9.17) is 11.6 Å². The quantitative estimate of drug-likeness (QED) is 0.516. The third kappa shape index (κ3) is 3.35. The molecule has 3 aromatic rings. The maximum Gasteiger partial charge on any atom is 0.322 e. The fourth-order valence-corrected chi connectivity index (χ4v) is 5.51. The molecule has 6 rings (SSSR count). The Hall–Kier alpha value is -3.72. The SMILES string of the molecule is O=C1Cc2ccc(-c3cc(F)c(NC(=O)N4[C@H]5CC[C@@H]4c4n[nH]c(=O)cc4C5)cc3Cl)cc2N1. The molecule has 2 aromatic carbocycles. The number of fused-ring (bicyclic) bond motifs is 5. The zero-order valence-electron chi connectivity index (χ0n) is 17.8. The van der Waals surface area contributed by atoms with Gasteiger partial charge >= 0.3 is 6.03 Å². The molecule has 10 heteroatoms. The lowest BCUT2D eigenvalue weighted by Gasteiger charge is -2.35. The van der Waals surface area contributed by atoms with Crippen LogP contribution in [-0.4, -0.2) is 33.1 Å². The van der Waals surface area contributed by atoms with E-state index in [1.165, 1.54) is 18.2 Å². The van der Waals surface area contributed by atoms with Crippen molar-refractivity contribution in [2.45, 2.75) is 37.8 Å². The molecule has 0 saturated carbocycles. The highest BCUT2D eigenvalue weighted by Gasteiger charge is 2.44. The third-order valence-electron chi connectivity index (χ3n) is 6.77. The molecule has 3 N–H and O–H groups in total. The minimum absolute atomic E-state index is 0.0205. The summed E-state index contributed by atoms with van der Waals surface area (Å²) in [5.41, 5.74) is 3.93. The molecule has 4 heterocycles. The van der Waals surface area contributed by atoms with Gasteiger partial charge in [-0.3, -0.25) is 9.59 Å². The molecule has 0 radical (unpaired) electrons. The predicted octanol–water partition coefficient (Wildman–Crippen LogP) is 4.02. The van der Waals surface area contributed by atoms with Crippen molar-refractivity contribution in [3.63, 3.8) is 0 Å². The number of carbonyl (C=O) groups excluding carboxylic acids is 2. The normalized spacial score (nSPS) is 20.1. The van der Waals surface area contributed by atoms with Gasteiger partial charge in [0.25, 0.3) is 5.56 Å². The molecule has 172 valence electrons. The molecule has 0 unspecified atom stereocenters. The van der Waals surface area contributed by atoms with Crippen LogP contribution < -0.4 is 16.2 Å². The van der Waals surface area contributed by atoms with Crippen molar-refractivity contribution >= 4 is 34.9 Å². The predicted molar refractivity (Wildman–Crippen MR) is 124 cm³/mol. The van der Waals surface area contributed by atoms with Gasteiger partial charge in [-0.25, -0.2) is 14.3 Å². The lowest BCUT2D eigenvalue weighted by molar-refractivity contribution is -0.115. The highest BCUT2D eigenvalue weighted by molar-refractivity contribution is 6.33. The summed E-state index contributed by atoms with van der Waals surface area (Å²) in [6, 6.07) is 8.79. The van der Waals surface area contributed by atoms with E-state index in [0.29, 0.717) is 35.3 Å². The number of anilines is 2. The second-order valence-electron chi connectivity index (χ2n) is 8.84. The Morgan fingerprint density at radius 3 is 2.85 bits per heavy atom. The number of aromatic nitrogens is 2. The summed E-state index contributed by atoms with van der Waals surface area (Å²) in [5, 5.41) is 12.3. The minimum Gasteiger partial charge on any atom is -0.326 e. The van der Waals surface area contributed by atoms with Crippen molar-refractivity contribution in [1.82, 2.24) is 15.1 Å². The Bertz CT molecular complexity index is 1440. The summed E-state index contributed by atoms with van der Waals surface area (Å²) >= 11 is 6.47. The zero-order chi connectivity index (χ0) is 23.6. The number of carbonyl (C=O) groups is 2. The Labute approximate surface area is 198 Å². The van der Waals surface area contributed by atoms with Crippen molar-refractivity contribution in [1.29, 1.82) is 0 Å². The van der Waals surface area contributed by atoms with Gasteiger partial charge < -0.3 is 15.5 Å². The van der Waals surface area contributed by atoms with Crippen LogP contribution in [0.1, 0.15) is 35.7 Å². The molecule has 2 bridgehead atoms. The molecule has 1 fully saturated rings. The summed E-state index contributed by atoms with van der Waals surface area (Å²) in [4.78, 5) is 38.1. The number of rotatable bonds is 2. The van der Waals surface area contributed by atoms with Gasteiger partial charge in [-0.1, -0.05) is 23.7 Å². The van der Waals surface area contributed by atoms with Crippen LogP contribution in [0.4, 0.5) is 20.6 Å². The third-order valence-corrected chi connectivity index (χ3v) is 7.09. The average molecular weight is 480 g/mol. The standard InChI is InChI=1S/C24H19ClFN5O3/c25-16-10-19(17(26)9-15(16)11-1-2-12-7-21(32)27-18(12)6-11)28-24(34)31-14-3-4-20(31)23-13(5-14)8-22(33)29-30-23/h1-2,6,8-10,14,20H,3-5,7H2,(H,27,32)(H,28,34)(H,29,33)/t14-,20+/m0/s1. The first-order valence-electron chi connectivity index (χ1n) is 11.0. The number of benzene rings is 2. The molecule has 0 spiro atoms. The van der Waals surface area contributed by atoms with Crippen molar-refractivity contribution < 1.29 is 14.0 Å². The molecule has 3 aliphatic rings. The molecule has 8 nitrogen and oxygen atoms in total. The highest BCUT2D eigenvalue weighted by atomic mass is 35.5. The van der Waals surface area contributed by atoms with E-state index in [1.807, 2.05) is 6.07 Å². The largest absolute Gasteiger partial charge is 0.326 e. The lowest BCUT2D eigenvalue weighted by atomic mass is 9.99. The van der Waals surface area contributed by atoms with Crippen molar-refractivity contribution in [2.75, 3.05) is 10.6 Å². The number of aromatic amines is 1. The van der Waals surface area contributed by atoms with E-state index in [-0.39, 0.29) is 34.3 Å². The van der Waals surface area contributed by atoms with E-state index < -0.39 is 11.8 Å². The van der Waals surface area contributed by atoms with Gasteiger partial charge in [-0.2, -0.15) is 5.10 Å². The number of amides is 3. The maximum absolute atomic E-state index is 15.1. The van der Waals surface area contributed by atoms with Gasteiger partial charge in [0.2, 0.25) is 5.91 Å². The van der Waals surface area contributed by atoms with Gasteiger partial charge in [-0.05, 0) is 54.2 Å². The molecule has 0 aliphatic carbocycles. The topological polar surface area (TPSA) is 107 Å². The number of nitrogens with zero attached hydrogens (tertiary/aromatic N) is 2. The summed E-state index contributed by atoms with van der Waals surface area (Å²) in [5.74, 6) is -0.706. The highest BCUT2D eigenvalue weighted by Crippen LogP contribution is 2.43. The second-order valence-corrected chi connectivity index (χ2v) is 9.25. The molecular weight excluding hydrogens is 461 g/mol. The summed E-state index contributed by atoms with van der Waals surface area (Å²) in [7, 11) is 0. The smallest absolute Gasteiger partial charge is 0.322 e. The first-order chi connectivity index (χ1) is 16.4. The van der Waals surface area contributed by atoms with Crippen LogP contribution in [0.25, 0.3) is 11.1 Å². The van der Waals surface area contributed by atoms with Crippen LogP contribution >= 0.6 is 11.6 Å². The van der Waals surface area contributed by atoms with Gasteiger partial charge in [-0.15, -0.1) is 0 Å². The average Bonchev–Trinajstić information content (AvgIpc) is 3.33. The van der Waals surface area contributed by atoms with Crippen molar-refractivity contribution in [2.24, 2.45) is 0 Å². The lowest BCUT2D eigenvalue weighted by Crippen LogP contribution is -2.45. The number of urea groups is 1. The Kier molecular flexibility index (Phi) is 4.70. The summed E-state index contributed by atoms with van der Waals surface area (Å²) < 4.78 is 15.1. The Balaban J connectivity index is 1.26. The fraction of sp³-hybridized carbons (Fsp3) is 0.250. The number of nitrogens with one attached hydrogen (secondary N) is 3. The molecule has 2 atom stereocenters. The maximum atomic E-state index is 15.1. The van der Waals surface area contributed by atoms with Crippen molar-refractivity contribution in [3.05, 3.63) is 74.4 Å². The van der Waals surface area contributed by atoms with E-state index in [2.05, 4.69) is 20.8 Å². The number of hydrogen-bond acceptors (Lipinski definition) is 4. The number of halogens is 2. The van der Waals surface area contributed by atoms with Crippen LogP contribution in [0.15, 0.2) is 41.2 Å². The first-order valence-corrected chi connectivity index (χ1v) is 11.3. The monoisotopic (exact) mass is 479 g/mol. The Morgan fingerprint density at radius 1 is 1.15 bits per heavy atom. The van der Waals surface area contributed by atoms with Gasteiger partial charge in [0.05, 0.1) is 28.9 Å². The van der Waals surface area contributed by atoms with Crippen molar-refractivity contribution in [3.8, 4) is 11.1 Å². The molecular formula is C24H19ClFN5O3. The van der Waals surface area contributed by atoms with Crippen LogP contribution in [0.2, 0.25) is 5.02 Å². The minimum atomic E-state index is -0.621. The van der Waals surface area contributed by atoms with Gasteiger partial charge in [0.1, 0.15) is 5.82 Å². The number of hydrogen-bond donors (Lipinski definition) is 3. The Morgan fingerprint density at radius 2 is 2.00 bits per heavy atom. The summed E-state index contributed by atoms with van der Waals surface area (Å²) in [6.45, 7) is 0. The van der Waals surface area contributed by atoms with Gasteiger partial charge in [0, 0.05) is 23.4 Å². The fourth-order valence-electron chi connectivity index (χ4n) is 5.24. The van der Waals surface area contributed by atoms with Crippen LogP contribution in [0, 0.1) is 5.82 Å². The first kappa shape index (κ1) is 20.9. The molecule has 1 aromatic heterocycles. The van der Waals surface area contributed by atoms with E-state index in [0.717, 1.165) is 24.0 Å². The summed E-state index contributed by atoms with van der Waals surface area (Å²) in [6.07, 6.45) is 2.35. The van der Waals surface area contributed by atoms with Gasteiger partial charge in [0.15, 0.2) is 0 Å². The van der Waals surface area contributed by atoms with E-state index >= 15 is 4.39 Å². The van der Waals surface area contributed by atoms with Crippen LogP contribution in [0.5, 0.6) is 0 Å². The van der Waals surface area contributed by atoms with E-state index in [9.17, 15) is 14.4 Å².